The monoisotopic (exact) mass is 543 g/mol. The molecule has 1 fully saturated rings. The zero-order valence-corrected chi connectivity index (χ0v) is 21.2. The van der Waals surface area contributed by atoms with Crippen molar-refractivity contribution in [3.05, 3.63) is 51.6 Å². The number of Topliss-reactive ketones (excluding diaryl/α,β-unsaturated/α-hetero) is 1. The van der Waals surface area contributed by atoms with E-state index in [9.17, 15) is 39.9 Å². The third-order valence-corrected chi connectivity index (χ3v) is 7.81. The van der Waals surface area contributed by atoms with Crippen LogP contribution in [-0.4, -0.2) is 86.7 Å². The summed E-state index contributed by atoms with van der Waals surface area (Å²) in [6.45, 7) is 0.560. The molecule has 208 valence electrons. The second kappa shape index (κ2) is 9.66. The lowest BCUT2D eigenvalue weighted by Gasteiger charge is -2.42. The van der Waals surface area contributed by atoms with Crippen LogP contribution < -0.4 is 10.5 Å². The molecule has 39 heavy (non-hydrogen) atoms. The molecular weight excluding hydrogens is 514 g/mol. The van der Waals surface area contributed by atoms with Gasteiger partial charge in [-0.3, -0.25) is 14.4 Å². The van der Waals surface area contributed by atoms with Crippen LogP contribution >= 0.6 is 0 Å². The predicted molar refractivity (Wildman–Crippen MR) is 132 cm³/mol. The molecule has 6 atom stereocenters. The number of aromatic hydroxyl groups is 2. The SMILES string of the molecule is COc1cccc2c1C(=O)c1c(O)c3c(c(O)c1C2=O)C[C@@](O)(C(=O)CO)C[C@@H]3O[C@@H]1C[C@H](N)[C@H](O)[C@H](C)O1. The highest BCUT2D eigenvalue weighted by atomic mass is 16.7. The van der Waals surface area contributed by atoms with Gasteiger partial charge in [-0.1, -0.05) is 12.1 Å². The molecule has 0 unspecified atom stereocenters. The molecule has 0 radical (unpaired) electrons. The van der Waals surface area contributed by atoms with Gasteiger partial charge in [0.1, 0.15) is 29.5 Å². The van der Waals surface area contributed by atoms with Crippen molar-refractivity contribution in [3.8, 4) is 17.2 Å². The fourth-order valence-electron chi connectivity index (χ4n) is 5.75. The largest absolute Gasteiger partial charge is 0.507 e. The van der Waals surface area contributed by atoms with Crippen LogP contribution in [-0.2, 0) is 20.7 Å². The Morgan fingerprint density at radius 1 is 1.15 bits per heavy atom. The number of fused-ring (bicyclic) bond motifs is 3. The van der Waals surface area contributed by atoms with Crippen molar-refractivity contribution in [2.75, 3.05) is 13.7 Å². The minimum Gasteiger partial charge on any atom is -0.507 e. The van der Waals surface area contributed by atoms with Gasteiger partial charge in [0.25, 0.3) is 0 Å². The van der Waals surface area contributed by atoms with Crippen molar-refractivity contribution < 1.29 is 54.1 Å². The van der Waals surface area contributed by atoms with Gasteiger partial charge >= 0.3 is 0 Å². The van der Waals surface area contributed by atoms with E-state index in [1.54, 1.807) is 6.92 Å². The summed E-state index contributed by atoms with van der Waals surface area (Å²) in [6, 6.07) is 3.64. The Labute approximate surface area is 222 Å². The zero-order valence-electron chi connectivity index (χ0n) is 21.2. The average Bonchev–Trinajstić information content (AvgIpc) is 2.90. The van der Waals surface area contributed by atoms with Crippen molar-refractivity contribution in [2.24, 2.45) is 5.73 Å². The average molecular weight is 544 g/mol. The number of aliphatic hydroxyl groups is 3. The lowest BCUT2D eigenvalue weighted by molar-refractivity contribution is -0.247. The lowest BCUT2D eigenvalue weighted by atomic mass is 9.72. The van der Waals surface area contributed by atoms with Gasteiger partial charge in [-0.15, -0.1) is 0 Å². The number of phenolic OH excluding ortho intramolecular Hbond substituents is 2. The number of methoxy groups -OCH3 is 1. The molecular formula is C27H29NO11. The van der Waals surface area contributed by atoms with Crippen LogP contribution in [0.5, 0.6) is 17.2 Å². The van der Waals surface area contributed by atoms with Gasteiger partial charge in [0, 0.05) is 42.0 Å². The number of aliphatic hydroxyl groups excluding tert-OH is 2. The minimum atomic E-state index is -2.24. The van der Waals surface area contributed by atoms with E-state index in [0.29, 0.717) is 0 Å². The number of hydrogen-bond acceptors (Lipinski definition) is 12. The molecule has 2 aromatic rings. The maximum Gasteiger partial charge on any atom is 0.202 e. The van der Waals surface area contributed by atoms with Crippen LogP contribution in [0.3, 0.4) is 0 Å². The van der Waals surface area contributed by atoms with E-state index in [1.165, 1.54) is 25.3 Å². The van der Waals surface area contributed by atoms with Gasteiger partial charge in [0.05, 0.1) is 42.1 Å². The number of ether oxygens (including phenoxy) is 3. The lowest BCUT2D eigenvalue weighted by Crippen LogP contribution is -2.53. The number of carbonyl (C=O) groups is 3. The van der Waals surface area contributed by atoms with Crippen molar-refractivity contribution in [1.82, 2.24) is 0 Å². The molecule has 1 aliphatic heterocycles. The molecule has 1 heterocycles. The van der Waals surface area contributed by atoms with E-state index in [2.05, 4.69) is 0 Å². The van der Waals surface area contributed by atoms with E-state index in [4.69, 9.17) is 19.9 Å². The fraction of sp³-hybridized carbons (Fsp3) is 0.444. The maximum atomic E-state index is 13.6. The van der Waals surface area contributed by atoms with Gasteiger partial charge in [0.15, 0.2) is 17.9 Å². The molecule has 5 rings (SSSR count). The van der Waals surface area contributed by atoms with Gasteiger partial charge < -0.3 is 45.5 Å². The third-order valence-electron chi connectivity index (χ3n) is 7.81. The number of ketones is 3. The first-order valence-electron chi connectivity index (χ1n) is 12.4. The van der Waals surface area contributed by atoms with E-state index >= 15 is 0 Å². The fourth-order valence-corrected chi connectivity index (χ4v) is 5.75. The molecule has 0 aromatic heterocycles. The molecule has 2 aromatic carbocycles. The first-order chi connectivity index (χ1) is 18.4. The predicted octanol–water partition coefficient (Wildman–Crippen LogP) is 0.00130. The van der Waals surface area contributed by atoms with Gasteiger partial charge in [-0.25, -0.2) is 0 Å². The first-order valence-corrected chi connectivity index (χ1v) is 12.4. The Morgan fingerprint density at radius 3 is 2.49 bits per heavy atom. The molecule has 12 nitrogen and oxygen atoms in total. The molecule has 0 spiro atoms. The van der Waals surface area contributed by atoms with Crippen molar-refractivity contribution >= 4 is 17.3 Å². The molecule has 1 saturated heterocycles. The van der Waals surface area contributed by atoms with E-state index in [1.807, 2.05) is 0 Å². The summed E-state index contributed by atoms with van der Waals surface area (Å²) in [5, 5.41) is 53.7. The number of phenols is 2. The van der Waals surface area contributed by atoms with Crippen molar-refractivity contribution in [2.45, 2.75) is 62.4 Å². The molecule has 3 aliphatic rings. The smallest absolute Gasteiger partial charge is 0.202 e. The summed E-state index contributed by atoms with van der Waals surface area (Å²) in [5.74, 6) is -3.77. The van der Waals surface area contributed by atoms with Crippen LogP contribution in [0.15, 0.2) is 18.2 Å². The molecule has 12 heteroatoms. The molecule has 7 N–H and O–H groups in total. The molecule has 0 saturated carbocycles. The Balaban J connectivity index is 1.69. The van der Waals surface area contributed by atoms with Gasteiger partial charge in [0.2, 0.25) is 5.78 Å². The van der Waals surface area contributed by atoms with Crippen LogP contribution in [0.2, 0.25) is 0 Å². The Kier molecular flexibility index (Phi) is 6.74. The van der Waals surface area contributed by atoms with Gasteiger partial charge in [-0.2, -0.15) is 0 Å². The summed E-state index contributed by atoms with van der Waals surface area (Å²) < 4.78 is 17.0. The Morgan fingerprint density at radius 2 is 1.85 bits per heavy atom. The minimum absolute atomic E-state index is 0.0173. The quantitative estimate of drug-likeness (QED) is 0.235. The van der Waals surface area contributed by atoms with E-state index in [0.717, 1.165) is 0 Å². The Bertz CT molecular complexity index is 1380. The second-order valence-corrected chi connectivity index (χ2v) is 10.2. The summed E-state index contributed by atoms with van der Waals surface area (Å²) >= 11 is 0. The zero-order chi connectivity index (χ0) is 28.4. The highest BCUT2D eigenvalue weighted by Gasteiger charge is 2.50. The number of benzene rings is 2. The van der Waals surface area contributed by atoms with Crippen LogP contribution in [0, 0.1) is 0 Å². The maximum absolute atomic E-state index is 13.6. The first kappa shape index (κ1) is 27.2. The standard InChI is InChI=1S/C27H29NO11/c1-10-22(31)13(28)6-17(38-10)39-15-8-27(36,16(30)9-29)7-12-19(15)26(35)21-20(24(12)33)23(32)11-4-3-5-14(37-2)18(11)25(21)34/h3-5,10,13,15,17,22,29,31,33,35-36H,6-9,28H2,1-2H3/t10-,13-,15-,17+,22+,27-/m0/s1. The van der Waals surface area contributed by atoms with Gasteiger partial charge in [-0.05, 0) is 13.0 Å². The van der Waals surface area contributed by atoms with E-state index < -0.39 is 95.7 Å². The van der Waals surface area contributed by atoms with E-state index in [-0.39, 0.29) is 34.4 Å². The highest BCUT2D eigenvalue weighted by molar-refractivity contribution is 6.31. The number of carbonyl (C=O) groups excluding carboxylic acids is 3. The van der Waals surface area contributed by atoms with Crippen LogP contribution in [0.1, 0.15) is 68.8 Å². The van der Waals surface area contributed by atoms with Crippen molar-refractivity contribution in [1.29, 1.82) is 0 Å². The summed E-state index contributed by atoms with van der Waals surface area (Å²) in [6.07, 6.45) is -5.12. The third kappa shape index (κ3) is 4.11. The topological polar surface area (TPSA) is 206 Å². The molecule has 0 bridgehead atoms. The van der Waals surface area contributed by atoms with Crippen LogP contribution in [0.4, 0.5) is 0 Å². The highest BCUT2D eigenvalue weighted by Crippen LogP contribution is 2.52. The number of nitrogens with two attached hydrogens (primary N) is 1. The summed E-state index contributed by atoms with van der Waals surface area (Å²) in [7, 11) is 1.32. The number of hydrogen-bond donors (Lipinski definition) is 6. The second-order valence-electron chi connectivity index (χ2n) is 10.2. The van der Waals surface area contributed by atoms with Crippen LogP contribution in [0.25, 0.3) is 0 Å². The van der Waals surface area contributed by atoms with Crippen molar-refractivity contribution in [3.63, 3.8) is 0 Å². The molecule has 0 amide bonds. The summed E-state index contributed by atoms with van der Waals surface area (Å²) in [4.78, 5) is 39.7. The normalized spacial score (nSPS) is 29.8. The summed E-state index contributed by atoms with van der Waals surface area (Å²) in [5.41, 5.74) is 2.37. The number of rotatable bonds is 5. The molecule has 2 aliphatic carbocycles. The Hall–Kier alpha value is -3.39.